The van der Waals surface area contributed by atoms with Crippen LogP contribution in [0.1, 0.15) is 100 Å². The average Bonchev–Trinajstić information content (AvgIpc) is 3.58. The van der Waals surface area contributed by atoms with Gasteiger partial charge in [-0.25, -0.2) is 4.98 Å². The van der Waals surface area contributed by atoms with Crippen molar-refractivity contribution in [1.82, 2.24) is 25.4 Å². The summed E-state index contributed by atoms with van der Waals surface area (Å²) < 4.78 is 5.90. The van der Waals surface area contributed by atoms with E-state index in [9.17, 15) is 24.3 Å². The molecule has 1 aromatic heterocycles. The van der Waals surface area contributed by atoms with Crippen molar-refractivity contribution in [3.8, 4) is 0 Å². The van der Waals surface area contributed by atoms with Gasteiger partial charge in [-0.3, -0.25) is 24.1 Å². The SMILES string of the molecule is CC[C@H](C)[C@H](NC(=O)[C@H]1CCCCN1C)C(=O)N(C)[C@H](C[C@@H](OC)c1nc(C(=O)N[C@@H](Cc2ccc(N)cc2)CC(C)C(=O)O)cs1)C(C)C. The van der Waals surface area contributed by atoms with Gasteiger partial charge in [0, 0.05) is 43.7 Å². The Balaban J connectivity index is 1.75. The molecule has 1 unspecified atom stereocenters. The van der Waals surface area contributed by atoms with Crippen LogP contribution in [0, 0.1) is 17.8 Å². The third-order valence-electron chi connectivity index (χ3n) is 10.1. The van der Waals surface area contributed by atoms with E-state index in [1.807, 2.05) is 33.0 Å². The molecule has 3 amide bonds. The van der Waals surface area contributed by atoms with Gasteiger partial charge in [-0.2, -0.15) is 0 Å². The molecule has 0 radical (unpaired) electrons. The Morgan fingerprint density at radius 2 is 1.78 bits per heavy atom. The third kappa shape index (κ3) is 11.2. The number of methoxy groups -OCH3 is 1. The monoisotopic (exact) mass is 714 g/mol. The van der Waals surface area contributed by atoms with Crippen LogP contribution in [0.5, 0.6) is 0 Å². The molecule has 5 N–H and O–H groups in total. The summed E-state index contributed by atoms with van der Waals surface area (Å²) in [5, 5.41) is 17.9. The van der Waals surface area contributed by atoms with E-state index in [1.54, 1.807) is 43.5 Å². The van der Waals surface area contributed by atoms with E-state index >= 15 is 0 Å². The number of ether oxygens (including phenoxy) is 1. The maximum Gasteiger partial charge on any atom is 0.306 e. The highest BCUT2D eigenvalue weighted by atomic mass is 32.1. The summed E-state index contributed by atoms with van der Waals surface area (Å²) in [6, 6.07) is 5.71. The zero-order chi connectivity index (χ0) is 37.1. The molecule has 0 saturated carbocycles. The normalized spacial score (nSPS) is 18.8. The number of nitrogens with zero attached hydrogens (tertiary/aromatic N) is 3. The number of benzene rings is 1. The fourth-order valence-corrected chi connectivity index (χ4v) is 7.46. The van der Waals surface area contributed by atoms with Crippen LogP contribution in [0.4, 0.5) is 5.69 Å². The summed E-state index contributed by atoms with van der Waals surface area (Å²) in [5.74, 6) is -2.23. The number of carboxylic acids is 1. The van der Waals surface area contributed by atoms with Crippen molar-refractivity contribution in [1.29, 1.82) is 0 Å². The largest absolute Gasteiger partial charge is 0.481 e. The van der Waals surface area contributed by atoms with Crippen molar-refractivity contribution in [2.24, 2.45) is 17.8 Å². The lowest BCUT2D eigenvalue weighted by Crippen LogP contribution is -2.58. The van der Waals surface area contributed by atoms with Crippen LogP contribution in [0.2, 0.25) is 0 Å². The number of thiazole rings is 1. The summed E-state index contributed by atoms with van der Waals surface area (Å²) >= 11 is 1.31. The predicted molar refractivity (Wildman–Crippen MR) is 197 cm³/mol. The molecule has 1 fully saturated rings. The number of nitrogens with two attached hydrogens (primary N) is 1. The van der Waals surface area contributed by atoms with Crippen molar-refractivity contribution in [3.05, 3.63) is 45.9 Å². The number of rotatable bonds is 18. The molecule has 12 nitrogen and oxygen atoms in total. The molecule has 7 atom stereocenters. The zero-order valence-electron chi connectivity index (χ0n) is 31.0. The Kier molecular flexibility index (Phi) is 15.7. The number of nitrogen functional groups attached to an aromatic ring is 1. The second-order valence-corrected chi connectivity index (χ2v) is 15.1. The van der Waals surface area contributed by atoms with Gasteiger partial charge in [0.25, 0.3) is 5.91 Å². The van der Waals surface area contributed by atoms with Crippen molar-refractivity contribution in [2.75, 3.05) is 33.5 Å². The Labute approximate surface area is 301 Å². The van der Waals surface area contributed by atoms with E-state index in [-0.39, 0.29) is 47.8 Å². The van der Waals surface area contributed by atoms with Gasteiger partial charge in [-0.05, 0) is 68.8 Å². The van der Waals surface area contributed by atoms with Gasteiger partial charge in [-0.1, -0.05) is 59.6 Å². The number of aliphatic carboxylic acids is 1. The quantitative estimate of drug-likeness (QED) is 0.159. The summed E-state index contributed by atoms with van der Waals surface area (Å²) in [6.07, 6.45) is 4.20. The number of likely N-dealkylation sites (tertiary alicyclic amines) is 1. The fraction of sp³-hybridized carbons (Fsp3) is 0.649. The van der Waals surface area contributed by atoms with Crippen LogP contribution in [0.3, 0.4) is 0 Å². The first-order valence-corrected chi connectivity index (χ1v) is 18.7. The molecule has 50 heavy (non-hydrogen) atoms. The molecule has 0 bridgehead atoms. The molecule has 0 aliphatic carbocycles. The van der Waals surface area contributed by atoms with Gasteiger partial charge in [0.05, 0.1) is 12.0 Å². The van der Waals surface area contributed by atoms with Crippen molar-refractivity contribution >= 4 is 40.7 Å². The molecule has 278 valence electrons. The maximum atomic E-state index is 14.1. The molecule has 1 aliphatic heterocycles. The van der Waals surface area contributed by atoms with Crippen LogP contribution < -0.4 is 16.4 Å². The molecule has 1 saturated heterocycles. The van der Waals surface area contributed by atoms with Crippen molar-refractivity contribution < 1.29 is 29.0 Å². The lowest BCUT2D eigenvalue weighted by molar-refractivity contribution is -0.141. The number of amides is 3. The highest BCUT2D eigenvalue weighted by molar-refractivity contribution is 7.09. The summed E-state index contributed by atoms with van der Waals surface area (Å²) in [5.41, 5.74) is 7.59. The van der Waals surface area contributed by atoms with Crippen LogP contribution in [0.15, 0.2) is 29.6 Å². The van der Waals surface area contributed by atoms with E-state index in [0.29, 0.717) is 23.5 Å². The van der Waals surface area contributed by atoms with E-state index < -0.39 is 36.0 Å². The number of hydrogen-bond acceptors (Lipinski definition) is 9. The lowest BCUT2D eigenvalue weighted by atomic mass is 9.92. The number of anilines is 1. The number of carboxylic acid groups (broad SMARTS) is 1. The Morgan fingerprint density at radius 1 is 1.10 bits per heavy atom. The highest BCUT2D eigenvalue weighted by Gasteiger charge is 2.37. The van der Waals surface area contributed by atoms with Gasteiger partial charge in [0.2, 0.25) is 11.8 Å². The number of likely N-dealkylation sites (N-methyl/N-ethyl adjacent to an activating group) is 2. The number of nitrogens with one attached hydrogen (secondary N) is 2. The van der Waals surface area contributed by atoms with Crippen LogP contribution in [0.25, 0.3) is 0 Å². The number of aromatic nitrogens is 1. The first kappa shape index (κ1) is 40.9. The maximum absolute atomic E-state index is 14.1. The number of carbonyl (C=O) groups is 4. The number of carbonyl (C=O) groups excluding carboxylic acids is 3. The standard InChI is InChI=1S/C37H58N6O6S/c1-9-23(4)32(41-34(45)29-12-10-11-17-42(29)6)36(46)43(7)30(22(2)3)20-31(49-8)35-40-28(21-50-35)33(44)39-27(18-24(5)37(47)48)19-25-13-15-26(38)16-14-25/h13-16,21-24,27,29-32H,9-12,17-20,38H2,1-8H3,(H,39,44)(H,41,45)(H,47,48)/t23-,24?,27+,29+,30+,31+,32-/m0/s1. The first-order chi connectivity index (χ1) is 23.7. The molecule has 1 aliphatic rings. The second-order valence-electron chi connectivity index (χ2n) is 14.2. The molecule has 2 heterocycles. The molecule has 2 aromatic rings. The predicted octanol–water partition coefficient (Wildman–Crippen LogP) is 4.75. The Morgan fingerprint density at radius 3 is 2.36 bits per heavy atom. The zero-order valence-corrected chi connectivity index (χ0v) is 31.8. The summed E-state index contributed by atoms with van der Waals surface area (Å²) in [4.78, 5) is 61.0. The molecule has 3 rings (SSSR count). The minimum Gasteiger partial charge on any atom is -0.481 e. The average molecular weight is 715 g/mol. The van der Waals surface area contributed by atoms with Gasteiger partial charge >= 0.3 is 5.97 Å². The van der Waals surface area contributed by atoms with Crippen molar-refractivity contribution in [2.45, 2.75) is 110 Å². The molecular formula is C37H58N6O6S. The van der Waals surface area contributed by atoms with Crippen LogP contribution >= 0.6 is 11.3 Å². The van der Waals surface area contributed by atoms with Gasteiger partial charge in [0.1, 0.15) is 22.8 Å². The highest BCUT2D eigenvalue weighted by Crippen LogP contribution is 2.30. The van der Waals surface area contributed by atoms with E-state index in [0.717, 1.165) is 37.8 Å². The number of piperidine rings is 1. The van der Waals surface area contributed by atoms with Gasteiger partial charge in [-0.15, -0.1) is 11.3 Å². The minimum atomic E-state index is -0.932. The van der Waals surface area contributed by atoms with E-state index in [2.05, 4.69) is 34.4 Å². The lowest BCUT2D eigenvalue weighted by Gasteiger charge is -2.38. The molecule has 13 heteroatoms. The summed E-state index contributed by atoms with van der Waals surface area (Å²) in [6.45, 7) is 10.6. The van der Waals surface area contributed by atoms with Crippen LogP contribution in [-0.4, -0.2) is 95.5 Å². The fourth-order valence-electron chi connectivity index (χ4n) is 6.57. The van der Waals surface area contributed by atoms with Crippen molar-refractivity contribution in [3.63, 3.8) is 0 Å². The van der Waals surface area contributed by atoms with E-state index in [4.69, 9.17) is 10.5 Å². The Hall–Kier alpha value is -3.55. The Bertz CT molecular complexity index is 1420. The van der Waals surface area contributed by atoms with Crippen LogP contribution in [-0.2, 0) is 25.5 Å². The van der Waals surface area contributed by atoms with E-state index in [1.165, 1.54) is 11.3 Å². The molecule has 0 spiro atoms. The minimum absolute atomic E-state index is 0.0591. The summed E-state index contributed by atoms with van der Waals surface area (Å²) in [7, 11) is 5.33. The molecular weight excluding hydrogens is 657 g/mol. The smallest absolute Gasteiger partial charge is 0.306 e. The second kappa shape index (κ2) is 19.2. The van der Waals surface area contributed by atoms with Gasteiger partial charge < -0.3 is 31.1 Å². The topological polar surface area (TPSA) is 167 Å². The number of hydrogen-bond donors (Lipinski definition) is 4. The first-order valence-electron chi connectivity index (χ1n) is 17.8. The molecule has 1 aromatic carbocycles. The van der Waals surface area contributed by atoms with Gasteiger partial charge in [0.15, 0.2) is 0 Å². The third-order valence-corrected chi connectivity index (χ3v) is 11.0.